The standard InChI is InChI=1S/C21H24N4O3S/c1-13-23-16(12-29-13)5-4-14-9-20(24-25(2)21(14)26)28-11-15-8-18(15)19-7-6-17(27-3)10-22-19/h6-7,9-10,12,15,18H,4-5,8,11H2,1-3H3/t15-,18+/m1/s1. The van der Waals surface area contributed by atoms with E-state index in [9.17, 15) is 4.79 Å². The molecule has 1 saturated carbocycles. The van der Waals surface area contributed by atoms with E-state index >= 15 is 0 Å². The molecule has 1 aliphatic carbocycles. The van der Waals surface area contributed by atoms with E-state index in [0.717, 1.165) is 35.0 Å². The van der Waals surface area contributed by atoms with E-state index in [1.54, 1.807) is 37.8 Å². The van der Waals surface area contributed by atoms with Gasteiger partial charge in [0.15, 0.2) is 0 Å². The topological polar surface area (TPSA) is 79.1 Å². The molecule has 2 atom stereocenters. The number of nitrogens with zero attached hydrogens (tertiary/aromatic N) is 4. The highest BCUT2D eigenvalue weighted by Crippen LogP contribution is 2.46. The fraction of sp³-hybridized carbons (Fsp3) is 0.429. The lowest BCUT2D eigenvalue weighted by atomic mass is 10.1. The maximum Gasteiger partial charge on any atom is 0.269 e. The van der Waals surface area contributed by atoms with Crippen molar-refractivity contribution in [3.8, 4) is 11.6 Å². The lowest BCUT2D eigenvalue weighted by Crippen LogP contribution is -2.24. The summed E-state index contributed by atoms with van der Waals surface area (Å²) in [6.07, 6.45) is 4.14. The van der Waals surface area contributed by atoms with Crippen LogP contribution in [0.2, 0.25) is 0 Å². The third-order valence-corrected chi connectivity index (χ3v) is 6.00. The van der Waals surface area contributed by atoms with Gasteiger partial charge in [0.05, 0.1) is 30.6 Å². The molecule has 0 aromatic carbocycles. The van der Waals surface area contributed by atoms with Crippen LogP contribution >= 0.6 is 11.3 Å². The third kappa shape index (κ3) is 4.64. The lowest BCUT2D eigenvalue weighted by Gasteiger charge is -2.09. The normalized spacial score (nSPS) is 17.9. The monoisotopic (exact) mass is 412 g/mol. The maximum atomic E-state index is 12.4. The van der Waals surface area contributed by atoms with Gasteiger partial charge < -0.3 is 9.47 Å². The van der Waals surface area contributed by atoms with Crippen LogP contribution in [0.5, 0.6) is 11.6 Å². The molecule has 152 valence electrons. The molecule has 8 heteroatoms. The Hall–Kier alpha value is -2.74. The minimum absolute atomic E-state index is 0.0870. The van der Waals surface area contributed by atoms with E-state index in [-0.39, 0.29) is 5.56 Å². The number of aryl methyl sites for hydroxylation is 4. The van der Waals surface area contributed by atoms with Crippen LogP contribution in [-0.2, 0) is 19.9 Å². The van der Waals surface area contributed by atoms with Gasteiger partial charge in [-0.2, -0.15) is 0 Å². The van der Waals surface area contributed by atoms with Crippen molar-refractivity contribution < 1.29 is 9.47 Å². The number of thiazole rings is 1. The van der Waals surface area contributed by atoms with Crippen LogP contribution in [0, 0.1) is 12.8 Å². The quantitative estimate of drug-likeness (QED) is 0.566. The molecule has 1 aliphatic rings. The molecule has 0 aliphatic heterocycles. The zero-order chi connectivity index (χ0) is 20.4. The highest BCUT2D eigenvalue weighted by atomic mass is 32.1. The summed E-state index contributed by atoms with van der Waals surface area (Å²) in [4.78, 5) is 21.3. The summed E-state index contributed by atoms with van der Waals surface area (Å²) in [7, 11) is 3.30. The molecule has 0 N–H and O–H groups in total. The number of rotatable bonds is 8. The Morgan fingerprint density at radius 1 is 1.31 bits per heavy atom. The van der Waals surface area contributed by atoms with Gasteiger partial charge in [-0.1, -0.05) is 0 Å². The van der Waals surface area contributed by atoms with Gasteiger partial charge in [0.25, 0.3) is 5.56 Å². The third-order valence-electron chi connectivity index (χ3n) is 5.17. The Morgan fingerprint density at radius 2 is 2.17 bits per heavy atom. The molecule has 3 aromatic heterocycles. The van der Waals surface area contributed by atoms with Crippen molar-refractivity contribution in [2.24, 2.45) is 13.0 Å². The van der Waals surface area contributed by atoms with Gasteiger partial charge >= 0.3 is 0 Å². The van der Waals surface area contributed by atoms with Crippen LogP contribution in [-0.4, -0.2) is 33.5 Å². The highest BCUT2D eigenvalue weighted by molar-refractivity contribution is 7.09. The van der Waals surface area contributed by atoms with Crippen molar-refractivity contribution in [3.63, 3.8) is 0 Å². The van der Waals surface area contributed by atoms with E-state index in [4.69, 9.17) is 9.47 Å². The molecule has 0 amide bonds. The number of hydrogen-bond donors (Lipinski definition) is 0. The van der Waals surface area contributed by atoms with Crippen molar-refractivity contribution >= 4 is 11.3 Å². The number of hydrogen-bond acceptors (Lipinski definition) is 7. The van der Waals surface area contributed by atoms with Gasteiger partial charge in [-0.3, -0.25) is 9.78 Å². The van der Waals surface area contributed by atoms with E-state index in [2.05, 4.69) is 15.1 Å². The van der Waals surface area contributed by atoms with Gasteiger partial charge in [-0.25, -0.2) is 9.67 Å². The predicted molar refractivity (Wildman–Crippen MR) is 111 cm³/mol. The van der Waals surface area contributed by atoms with E-state index in [0.29, 0.717) is 36.3 Å². The van der Waals surface area contributed by atoms with E-state index in [1.807, 2.05) is 24.4 Å². The first-order valence-corrected chi connectivity index (χ1v) is 10.5. The van der Waals surface area contributed by atoms with Crippen LogP contribution in [0.15, 0.2) is 34.6 Å². The molecule has 0 spiro atoms. The Balaban J connectivity index is 1.36. The number of aromatic nitrogens is 4. The Morgan fingerprint density at radius 3 is 2.86 bits per heavy atom. The fourth-order valence-electron chi connectivity index (χ4n) is 3.39. The second kappa shape index (κ2) is 8.32. The summed E-state index contributed by atoms with van der Waals surface area (Å²) < 4.78 is 12.4. The smallest absolute Gasteiger partial charge is 0.269 e. The fourth-order valence-corrected chi connectivity index (χ4v) is 4.04. The highest BCUT2D eigenvalue weighted by Gasteiger charge is 2.40. The summed E-state index contributed by atoms with van der Waals surface area (Å²) in [5, 5.41) is 7.33. The number of ether oxygens (including phenoxy) is 2. The molecule has 4 rings (SSSR count). The molecule has 0 saturated heterocycles. The molecule has 7 nitrogen and oxygen atoms in total. The molecular formula is C21H24N4O3S. The Bertz CT molecular complexity index is 1040. The summed E-state index contributed by atoms with van der Waals surface area (Å²) >= 11 is 1.63. The van der Waals surface area contributed by atoms with Crippen LogP contribution in [0.1, 0.15) is 34.3 Å². The average Bonchev–Trinajstić information content (AvgIpc) is 3.39. The van der Waals surface area contributed by atoms with Gasteiger partial charge in [0.1, 0.15) is 5.75 Å². The van der Waals surface area contributed by atoms with Crippen molar-refractivity contribution in [2.75, 3.05) is 13.7 Å². The second-order valence-corrected chi connectivity index (χ2v) is 8.39. The summed E-state index contributed by atoms with van der Waals surface area (Å²) in [5.41, 5.74) is 2.69. The van der Waals surface area contributed by atoms with Crippen LogP contribution in [0.4, 0.5) is 0 Å². The summed E-state index contributed by atoms with van der Waals surface area (Å²) in [5.74, 6) is 2.07. The second-order valence-electron chi connectivity index (χ2n) is 7.33. The SMILES string of the molecule is COc1ccc([C@H]2C[C@@H]2COc2cc(CCc3csc(C)n3)c(=O)n(C)n2)nc1. The zero-order valence-corrected chi connectivity index (χ0v) is 17.6. The number of pyridine rings is 1. The maximum absolute atomic E-state index is 12.4. The first-order valence-electron chi connectivity index (χ1n) is 9.64. The largest absolute Gasteiger partial charge is 0.495 e. The first-order chi connectivity index (χ1) is 14.0. The molecule has 0 unspecified atom stereocenters. The van der Waals surface area contributed by atoms with Crippen LogP contribution < -0.4 is 15.0 Å². The zero-order valence-electron chi connectivity index (χ0n) is 16.8. The molecule has 29 heavy (non-hydrogen) atoms. The summed E-state index contributed by atoms with van der Waals surface area (Å²) in [6.45, 7) is 2.55. The van der Waals surface area contributed by atoms with E-state index < -0.39 is 0 Å². The van der Waals surface area contributed by atoms with E-state index in [1.165, 1.54) is 4.68 Å². The van der Waals surface area contributed by atoms with Crippen LogP contribution in [0.3, 0.4) is 0 Å². The van der Waals surface area contributed by atoms with Gasteiger partial charge in [0.2, 0.25) is 5.88 Å². The molecule has 3 aromatic rings. The van der Waals surface area contributed by atoms with Crippen molar-refractivity contribution in [1.82, 2.24) is 19.7 Å². The molecule has 1 fully saturated rings. The lowest BCUT2D eigenvalue weighted by molar-refractivity contribution is 0.277. The molecular weight excluding hydrogens is 388 g/mol. The van der Waals surface area contributed by atoms with Crippen molar-refractivity contribution in [2.45, 2.75) is 32.1 Å². The summed E-state index contributed by atoms with van der Waals surface area (Å²) in [6, 6.07) is 5.71. The minimum Gasteiger partial charge on any atom is -0.495 e. The van der Waals surface area contributed by atoms with Crippen LogP contribution in [0.25, 0.3) is 0 Å². The van der Waals surface area contributed by atoms with Crippen molar-refractivity contribution in [3.05, 3.63) is 62.1 Å². The molecule has 0 bridgehead atoms. The average molecular weight is 413 g/mol. The molecule has 3 heterocycles. The predicted octanol–water partition coefficient (Wildman–Crippen LogP) is 2.92. The first kappa shape index (κ1) is 19.6. The Labute approximate surface area is 173 Å². The van der Waals surface area contributed by atoms with Crippen molar-refractivity contribution in [1.29, 1.82) is 0 Å². The minimum atomic E-state index is -0.0870. The van der Waals surface area contributed by atoms with Gasteiger partial charge in [0, 0.05) is 41.6 Å². The van der Waals surface area contributed by atoms with Gasteiger partial charge in [-0.15, -0.1) is 16.4 Å². The van der Waals surface area contributed by atoms with Gasteiger partial charge in [-0.05, 0) is 38.3 Å². The number of methoxy groups -OCH3 is 1. The Kier molecular flexibility index (Phi) is 5.62. The molecule has 0 radical (unpaired) electrons.